The molecule has 0 atom stereocenters. The Bertz CT molecular complexity index is 1830. The van der Waals surface area contributed by atoms with Gasteiger partial charge in [-0.05, 0) is 85.8 Å². The van der Waals surface area contributed by atoms with Crippen LogP contribution in [0.5, 0.6) is 17.4 Å². The molecule has 10 nitrogen and oxygen atoms in total. The van der Waals surface area contributed by atoms with Crippen LogP contribution in [0.1, 0.15) is 47.2 Å². The van der Waals surface area contributed by atoms with Crippen LogP contribution >= 0.6 is 0 Å². The zero-order valence-electron chi connectivity index (χ0n) is 24.7. The van der Waals surface area contributed by atoms with Crippen LogP contribution in [0, 0.1) is 0 Å². The largest absolute Gasteiger partial charge is 0.490 e. The minimum absolute atomic E-state index is 0.00744. The molecule has 1 aromatic heterocycles. The normalized spacial score (nSPS) is 16.7. The Balaban J connectivity index is 1.07. The van der Waals surface area contributed by atoms with Crippen LogP contribution in [-0.4, -0.2) is 42.5 Å². The fourth-order valence-electron chi connectivity index (χ4n) is 5.06. The highest BCUT2D eigenvalue weighted by molar-refractivity contribution is 7.89. The first-order valence-electron chi connectivity index (χ1n) is 14.6. The molecule has 1 fully saturated rings. The van der Waals surface area contributed by atoms with Crippen molar-refractivity contribution in [2.45, 2.75) is 55.3 Å². The molecule has 246 valence electrons. The van der Waals surface area contributed by atoms with Crippen molar-refractivity contribution < 1.29 is 45.8 Å². The van der Waals surface area contributed by atoms with Crippen LogP contribution in [0.4, 0.5) is 18.9 Å². The van der Waals surface area contributed by atoms with E-state index < -0.39 is 44.6 Å². The number of carboxylic acid groups (broad SMARTS) is 1. The summed E-state index contributed by atoms with van der Waals surface area (Å²) in [5, 5.41) is 11.9. The number of halogens is 3. The van der Waals surface area contributed by atoms with E-state index in [2.05, 4.69) is 15.0 Å². The number of sulfonamides is 1. The highest BCUT2D eigenvalue weighted by Gasteiger charge is 2.32. The number of benzene rings is 3. The molecule has 0 radical (unpaired) electrons. The van der Waals surface area contributed by atoms with Gasteiger partial charge in [0.15, 0.2) is 0 Å². The van der Waals surface area contributed by atoms with Crippen LogP contribution in [0.25, 0.3) is 0 Å². The predicted octanol–water partition coefficient (Wildman–Crippen LogP) is 6.44. The topological polar surface area (TPSA) is 144 Å². The number of rotatable bonds is 11. The van der Waals surface area contributed by atoms with E-state index in [1.54, 1.807) is 48.5 Å². The first-order valence-corrected chi connectivity index (χ1v) is 16.1. The highest BCUT2D eigenvalue weighted by atomic mass is 32.2. The molecule has 1 aliphatic carbocycles. The summed E-state index contributed by atoms with van der Waals surface area (Å²) in [7, 11) is -4.12. The molecule has 0 saturated heterocycles. The molecule has 3 aromatic carbocycles. The zero-order chi connectivity index (χ0) is 33.6. The Morgan fingerprint density at radius 2 is 1.60 bits per heavy atom. The molecule has 0 spiro atoms. The third-order valence-electron chi connectivity index (χ3n) is 7.41. The van der Waals surface area contributed by atoms with Crippen molar-refractivity contribution in [3.05, 3.63) is 108 Å². The van der Waals surface area contributed by atoms with Crippen LogP contribution in [0.3, 0.4) is 0 Å². The Labute approximate surface area is 268 Å². The number of amides is 1. The van der Waals surface area contributed by atoms with Crippen molar-refractivity contribution >= 4 is 27.6 Å². The molecular formula is C33H30F3N3O7S. The minimum Gasteiger partial charge on any atom is -0.490 e. The standard InChI is InChI=1S/C33H30F3N3O7S/c34-33(35,36)22-4-3-5-27(19-22)47(43,44)39-23-9-11-24(12-10-23)45-25-13-15-26(16-14-25)46-31-17-8-21(20-37-31)18-30(40)38-29-7-2-1-6-28(29)32(41)42/h1-8,13-17,19-20,23-24,39H,9-12,18H2,(H,38,40)(H,41,42). The molecule has 4 aromatic rings. The maximum absolute atomic E-state index is 13.0. The van der Waals surface area contributed by atoms with Gasteiger partial charge in [-0.15, -0.1) is 0 Å². The van der Waals surface area contributed by atoms with Crippen LogP contribution in [-0.2, 0) is 27.4 Å². The smallest absolute Gasteiger partial charge is 0.416 e. The molecule has 1 heterocycles. The summed E-state index contributed by atoms with van der Waals surface area (Å²) in [6.07, 6.45) is -1.31. The molecule has 47 heavy (non-hydrogen) atoms. The number of pyridine rings is 1. The number of hydrogen-bond donors (Lipinski definition) is 3. The molecule has 14 heteroatoms. The van der Waals surface area contributed by atoms with Gasteiger partial charge in [0.2, 0.25) is 21.8 Å². The molecule has 1 aliphatic rings. The number of anilines is 1. The lowest BCUT2D eigenvalue weighted by Crippen LogP contribution is -2.39. The van der Waals surface area contributed by atoms with Gasteiger partial charge in [0.05, 0.1) is 34.2 Å². The van der Waals surface area contributed by atoms with Gasteiger partial charge in [-0.25, -0.2) is 22.9 Å². The van der Waals surface area contributed by atoms with E-state index in [-0.39, 0.29) is 23.8 Å². The number of nitrogens with zero attached hydrogens (tertiary/aromatic N) is 1. The molecule has 5 rings (SSSR count). The summed E-state index contributed by atoms with van der Waals surface area (Å²) in [5.74, 6) is -0.159. The molecule has 3 N–H and O–H groups in total. The van der Waals surface area contributed by atoms with E-state index in [0.717, 1.165) is 18.2 Å². The van der Waals surface area contributed by atoms with E-state index in [0.29, 0.717) is 54.7 Å². The van der Waals surface area contributed by atoms with E-state index in [9.17, 15) is 36.3 Å². The van der Waals surface area contributed by atoms with Gasteiger partial charge in [-0.3, -0.25) is 4.79 Å². The van der Waals surface area contributed by atoms with E-state index >= 15 is 0 Å². The maximum Gasteiger partial charge on any atom is 0.416 e. The number of alkyl halides is 3. The van der Waals surface area contributed by atoms with E-state index in [1.807, 2.05) is 0 Å². The predicted molar refractivity (Wildman–Crippen MR) is 165 cm³/mol. The average molecular weight is 670 g/mol. The molecule has 1 saturated carbocycles. The Morgan fingerprint density at radius 1 is 0.894 bits per heavy atom. The van der Waals surface area contributed by atoms with Crippen molar-refractivity contribution in [3.63, 3.8) is 0 Å². The Kier molecular flexibility index (Phi) is 10.1. The number of para-hydroxylation sites is 1. The number of aromatic carboxylic acids is 1. The van der Waals surface area contributed by atoms with Crippen LogP contribution in [0.2, 0.25) is 0 Å². The summed E-state index contributed by atoms with van der Waals surface area (Å²) in [5.41, 5.74) is -0.224. The summed E-state index contributed by atoms with van der Waals surface area (Å²) < 4.78 is 78.8. The van der Waals surface area contributed by atoms with Crippen molar-refractivity contribution in [2.75, 3.05) is 5.32 Å². The number of carboxylic acids is 1. The quantitative estimate of drug-likeness (QED) is 0.166. The number of nitrogens with one attached hydrogen (secondary N) is 2. The molecule has 0 aliphatic heterocycles. The monoisotopic (exact) mass is 669 g/mol. The van der Waals surface area contributed by atoms with Gasteiger partial charge in [0.1, 0.15) is 11.5 Å². The second-order valence-corrected chi connectivity index (χ2v) is 12.6. The minimum atomic E-state index is -4.64. The number of aromatic nitrogens is 1. The SMILES string of the molecule is O=C(Cc1ccc(Oc2ccc(OC3CCC(NS(=O)(=O)c4cccc(C(F)(F)F)c4)CC3)cc2)nc1)Nc1ccccc1C(=O)O. The lowest BCUT2D eigenvalue weighted by atomic mass is 9.94. The van der Waals surface area contributed by atoms with Gasteiger partial charge >= 0.3 is 12.1 Å². The van der Waals surface area contributed by atoms with Gasteiger partial charge < -0.3 is 19.9 Å². The molecule has 0 bridgehead atoms. The van der Waals surface area contributed by atoms with E-state index in [1.165, 1.54) is 18.3 Å². The van der Waals surface area contributed by atoms with Crippen LogP contribution in [0.15, 0.2) is 96.0 Å². The fourth-order valence-corrected chi connectivity index (χ4v) is 6.41. The van der Waals surface area contributed by atoms with Crippen molar-refractivity contribution in [1.82, 2.24) is 9.71 Å². The van der Waals surface area contributed by atoms with E-state index in [4.69, 9.17) is 9.47 Å². The van der Waals surface area contributed by atoms with Crippen molar-refractivity contribution in [1.29, 1.82) is 0 Å². The van der Waals surface area contributed by atoms with Gasteiger partial charge in [0.25, 0.3) is 0 Å². The molecule has 0 unspecified atom stereocenters. The highest BCUT2D eigenvalue weighted by Crippen LogP contribution is 2.31. The average Bonchev–Trinajstić information content (AvgIpc) is 3.03. The summed E-state index contributed by atoms with van der Waals surface area (Å²) >= 11 is 0. The second-order valence-electron chi connectivity index (χ2n) is 10.9. The van der Waals surface area contributed by atoms with Gasteiger partial charge in [0, 0.05) is 18.3 Å². The number of carbonyl (C=O) groups excluding carboxylic acids is 1. The summed E-state index contributed by atoms with van der Waals surface area (Å²) in [6.45, 7) is 0. The number of carbonyl (C=O) groups is 2. The number of hydrogen-bond acceptors (Lipinski definition) is 7. The third kappa shape index (κ3) is 9.08. The third-order valence-corrected chi connectivity index (χ3v) is 8.93. The zero-order valence-corrected chi connectivity index (χ0v) is 25.6. The van der Waals surface area contributed by atoms with Crippen molar-refractivity contribution in [3.8, 4) is 17.4 Å². The Hall–Kier alpha value is -4.95. The lowest BCUT2D eigenvalue weighted by molar-refractivity contribution is -0.137. The van der Waals surface area contributed by atoms with Gasteiger partial charge in [-0.2, -0.15) is 13.2 Å². The number of ether oxygens (including phenoxy) is 2. The second kappa shape index (κ2) is 14.2. The first-order chi connectivity index (χ1) is 22.4. The summed E-state index contributed by atoms with van der Waals surface area (Å²) in [6, 6.07) is 19.5. The fraction of sp³-hybridized carbons (Fsp3) is 0.242. The van der Waals surface area contributed by atoms with Gasteiger partial charge in [-0.1, -0.05) is 24.3 Å². The Morgan fingerprint density at radius 3 is 2.26 bits per heavy atom. The van der Waals surface area contributed by atoms with Crippen molar-refractivity contribution in [2.24, 2.45) is 0 Å². The van der Waals surface area contributed by atoms with Crippen LogP contribution < -0.4 is 19.5 Å². The maximum atomic E-state index is 13.0. The first kappa shape index (κ1) is 33.4. The lowest BCUT2D eigenvalue weighted by Gasteiger charge is -2.29. The summed E-state index contributed by atoms with van der Waals surface area (Å²) in [4.78, 5) is 27.6. The molecular weight excluding hydrogens is 639 g/mol. The molecule has 1 amide bonds.